The molecule has 0 fully saturated rings. The maximum atomic E-state index is 12.3. The van der Waals surface area contributed by atoms with Crippen LogP contribution >= 0.6 is 35.0 Å². The summed E-state index contributed by atoms with van der Waals surface area (Å²) in [5.41, 5.74) is 1.26. The van der Waals surface area contributed by atoms with Crippen LogP contribution in [0.5, 0.6) is 5.75 Å². The van der Waals surface area contributed by atoms with E-state index < -0.39 is 10.0 Å². The monoisotopic (exact) mass is 504 g/mol. The number of hydrogen-bond acceptors (Lipinski definition) is 5. The molecule has 2 rings (SSSR count). The summed E-state index contributed by atoms with van der Waals surface area (Å²) in [7, 11) is -3.63. The first kappa shape index (κ1) is 25.6. The highest BCUT2D eigenvalue weighted by molar-refractivity contribution is 7.98. The highest BCUT2D eigenvalue weighted by Gasteiger charge is 2.20. The summed E-state index contributed by atoms with van der Waals surface area (Å²) in [4.78, 5) is 12.3. The number of ether oxygens (including phenoxy) is 1. The number of carbonyl (C=O) groups is 1. The molecule has 6 nitrogen and oxygen atoms in total. The quantitative estimate of drug-likeness (QED) is 0.452. The third kappa shape index (κ3) is 8.44. The van der Waals surface area contributed by atoms with Crippen LogP contribution in [0, 0.1) is 0 Å². The molecule has 0 saturated carbocycles. The second-order valence-electron chi connectivity index (χ2n) is 7.03. The molecule has 0 radical (unpaired) electrons. The van der Waals surface area contributed by atoms with Crippen LogP contribution in [0.2, 0.25) is 10.0 Å². The van der Waals surface area contributed by atoms with E-state index in [0.29, 0.717) is 39.5 Å². The lowest BCUT2D eigenvalue weighted by atomic mass is 10.2. The van der Waals surface area contributed by atoms with Crippen molar-refractivity contribution in [3.05, 3.63) is 58.1 Å². The number of halogens is 2. The highest BCUT2D eigenvalue weighted by Crippen LogP contribution is 2.28. The molecule has 0 aliphatic heterocycles. The largest absolute Gasteiger partial charge is 0.491 e. The van der Waals surface area contributed by atoms with Gasteiger partial charge in [-0.25, -0.2) is 8.42 Å². The number of nitrogens with one attached hydrogen (secondary N) is 1. The third-order valence-corrected chi connectivity index (χ3v) is 6.90. The van der Waals surface area contributed by atoms with Crippen molar-refractivity contribution in [3.8, 4) is 5.75 Å². The Bertz CT molecular complexity index is 963. The number of carbonyl (C=O) groups excluding carboxylic acids is 1. The summed E-state index contributed by atoms with van der Waals surface area (Å²) in [6.45, 7) is 3.90. The van der Waals surface area contributed by atoms with Crippen molar-refractivity contribution in [3.63, 3.8) is 0 Å². The van der Waals surface area contributed by atoms with E-state index in [2.05, 4.69) is 5.32 Å². The van der Waals surface area contributed by atoms with Crippen molar-refractivity contribution in [2.45, 2.75) is 25.7 Å². The molecule has 2 aromatic carbocycles. The van der Waals surface area contributed by atoms with E-state index in [-0.39, 0.29) is 18.6 Å². The van der Waals surface area contributed by atoms with Crippen LogP contribution in [0.1, 0.15) is 19.4 Å². The molecular formula is C21H26Cl2N2O4S2. The Labute approximate surface area is 198 Å². The molecule has 0 aliphatic rings. The van der Waals surface area contributed by atoms with Crippen molar-refractivity contribution in [1.29, 1.82) is 0 Å². The van der Waals surface area contributed by atoms with Gasteiger partial charge in [-0.05, 0) is 55.8 Å². The first-order valence-electron chi connectivity index (χ1n) is 9.59. The van der Waals surface area contributed by atoms with Gasteiger partial charge in [0.1, 0.15) is 12.3 Å². The maximum Gasteiger partial charge on any atom is 0.240 e. The Morgan fingerprint density at radius 1 is 1.13 bits per heavy atom. The molecule has 0 unspecified atom stereocenters. The standard InChI is InChI=1S/C21H26Cl2N2O4S2/c1-15(2)29-17-9-7-16(8-10-17)25(31(3,27)28)13-21(26)24-11-12-30-14-18-19(22)5-4-6-20(18)23/h4-10,15H,11-14H2,1-3H3,(H,24,26). The van der Waals surface area contributed by atoms with Crippen molar-refractivity contribution < 1.29 is 17.9 Å². The summed E-state index contributed by atoms with van der Waals surface area (Å²) >= 11 is 13.9. The van der Waals surface area contributed by atoms with Gasteiger partial charge in [-0.2, -0.15) is 11.8 Å². The Kier molecular flexibility index (Phi) is 9.81. The zero-order valence-electron chi connectivity index (χ0n) is 17.6. The van der Waals surface area contributed by atoms with Crippen LogP contribution in [-0.2, 0) is 20.6 Å². The van der Waals surface area contributed by atoms with Gasteiger partial charge in [0.2, 0.25) is 15.9 Å². The molecule has 0 saturated heterocycles. The number of amides is 1. The first-order chi connectivity index (χ1) is 14.6. The van der Waals surface area contributed by atoms with Crippen molar-refractivity contribution in [1.82, 2.24) is 5.32 Å². The number of nitrogens with zero attached hydrogens (tertiary/aromatic N) is 1. The van der Waals surface area contributed by atoms with Gasteiger partial charge in [0.25, 0.3) is 0 Å². The van der Waals surface area contributed by atoms with Gasteiger partial charge in [0, 0.05) is 28.1 Å². The van der Waals surface area contributed by atoms with Gasteiger partial charge in [0.15, 0.2) is 0 Å². The molecule has 31 heavy (non-hydrogen) atoms. The summed E-state index contributed by atoms with van der Waals surface area (Å²) in [6, 6.07) is 12.0. The molecule has 170 valence electrons. The second kappa shape index (κ2) is 11.9. The Morgan fingerprint density at radius 2 is 1.74 bits per heavy atom. The van der Waals surface area contributed by atoms with Gasteiger partial charge in [-0.3, -0.25) is 9.10 Å². The van der Waals surface area contributed by atoms with E-state index in [1.165, 1.54) is 0 Å². The van der Waals surface area contributed by atoms with E-state index in [0.717, 1.165) is 16.1 Å². The number of rotatable bonds is 11. The average molecular weight is 505 g/mol. The minimum absolute atomic E-state index is 0.00875. The zero-order valence-corrected chi connectivity index (χ0v) is 20.7. The Balaban J connectivity index is 1.87. The summed E-state index contributed by atoms with van der Waals surface area (Å²) in [5.74, 6) is 1.50. The fraction of sp³-hybridized carbons (Fsp3) is 0.381. The highest BCUT2D eigenvalue weighted by atomic mass is 35.5. The van der Waals surface area contributed by atoms with E-state index >= 15 is 0 Å². The molecule has 10 heteroatoms. The van der Waals surface area contributed by atoms with Gasteiger partial charge in [-0.1, -0.05) is 29.3 Å². The minimum Gasteiger partial charge on any atom is -0.491 e. The van der Waals surface area contributed by atoms with Crippen LogP contribution in [-0.4, -0.2) is 45.5 Å². The normalized spacial score (nSPS) is 11.4. The van der Waals surface area contributed by atoms with Gasteiger partial charge >= 0.3 is 0 Å². The van der Waals surface area contributed by atoms with Crippen LogP contribution in [0.3, 0.4) is 0 Å². The van der Waals surface area contributed by atoms with Crippen LogP contribution in [0.25, 0.3) is 0 Å². The molecule has 0 aliphatic carbocycles. The molecule has 2 aromatic rings. The topological polar surface area (TPSA) is 75.7 Å². The summed E-state index contributed by atoms with van der Waals surface area (Å²) in [6.07, 6.45) is 1.08. The molecule has 0 bridgehead atoms. The molecule has 0 aromatic heterocycles. The Hall–Kier alpha value is -1.61. The van der Waals surface area contributed by atoms with Crippen LogP contribution in [0.4, 0.5) is 5.69 Å². The van der Waals surface area contributed by atoms with Crippen LogP contribution in [0.15, 0.2) is 42.5 Å². The third-order valence-electron chi connectivity index (χ3n) is 4.06. The molecule has 1 amide bonds. The predicted molar refractivity (Wildman–Crippen MR) is 130 cm³/mol. The van der Waals surface area contributed by atoms with E-state index in [1.807, 2.05) is 13.8 Å². The number of benzene rings is 2. The van der Waals surface area contributed by atoms with Gasteiger partial charge in [-0.15, -0.1) is 0 Å². The SMILES string of the molecule is CC(C)Oc1ccc(N(CC(=O)NCCSCc2c(Cl)cccc2Cl)S(C)(=O)=O)cc1. The average Bonchev–Trinajstić information content (AvgIpc) is 2.67. The van der Waals surface area contributed by atoms with Gasteiger partial charge < -0.3 is 10.1 Å². The number of sulfonamides is 1. The lowest BCUT2D eigenvalue weighted by Crippen LogP contribution is -2.41. The number of anilines is 1. The Morgan fingerprint density at radius 3 is 2.29 bits per heavy atom. The van der Waals surface area contributed by atoms with E-state index in [1.54, 1.807) is 54.2 Å². The van der Waals surface area contributed by atoms with E-state index in [9.17, 15) is 13.2 Å². The number of thioether (sulfide) groups is 1. The summed E-state index contributed by atoms with van der Waals surface area (Å²) in [5, 5.41) is 3.97. The number of hydrogen-bond donors (Lipinski definition) is 1. The fourth-order valence-electron chi connectivity index (χ4n) is 2.66. The lowest BCUT2D eigenvalue weighted by molar-refractivity contribution is -0.119. The van der Waals surface area contributed by atoms with Crippen molar-refractivity contribution >= 4 is 56.6 Å². The second-order valence-corrected chi connectivity index (χ2v) is 10.9. The molecule has 1 N–H and O–H groups in total. The van der Waals surface area contributed by atoms with E-state index in [4.69, 9.17) is 27.9 Å². The van der Waals surface area contributed by atoms with Gasteiger partial charge in [0.05, 0.1) is 18.0 Å². The zero-order chi connectivity index (χ0) is 23.0. The van der Waals surface area contributed by atoms with Crippen LogP contribution < -0.4 is 14.4 Å². The van der Waals surface area contributed by atoms with Crippen molar-refractivity contribution in [2.24, 2.45) is 0 Å². The van der Waals surface area contributed by atoms with Crippen molar-refractivity contribution in [2.75, 3.05) is 29.4 Å². The lowest BCUT2D eigenvalue weighted by Gasteiger charge is -2.22. The molecule has 0 spiro atoms. The molecule has 0 atom stereocenters. The smallest absolute Gasteiger partial charge is 0.240 e. The molecule has 0 heterocycles. The predicted octanol–water partition coefficient (Wildman–Crippen LogP) is 4.60. The first-order valence-corrected chi connectivity index (χ1v) is 13.4. The fourth-order valence-corrected chi connectivity index (χ4v) is 5.11. The maximum absolute atomic E-state index is 12.3. The summed E-state index contributed by atoms with van der Waals surface area (Å²) < 4.78 is 31.1. The minimum atomic E-state index is -3.63. The molecular weight excluding hydrogens is 479 g/mol.